The number of benzene rings is 1. The topological polar surface area (TPSA) is 72.6 Å². The van der Waals surface area contributed by atoms with E-state index in [0.29, 0.717) is 18.8 Å². The van der Waals surface area contributed by atoms with E-state index >= 15 is 0 Å². The van der Waals surface area contributed by atoms with Crippen molar-refractivity contribution in [2.45, 2.75) is 23.8 Å². The van der Waals surface area contributed by atoms with Crippen molar-refractivity contribution in [3.05, 3.63) is 24.3 Å². The summed E-state index contributed by atoms with van der Waals surface area (Å²) in [4.78, 5) is 0.255. The van der Waals surface area contributed by atoms with Crippen LogP contribution in [0.25, 0.3) is 0 Å². The van der Waals surface area contributed by atoms with Gasteiger partial charge in [0.15, 0.2) is 0 Å². The summed E-state index contributed by atoms with van der Waals surface area (Å²) in [7, 11) is -1.89. The second kappa shape index (κ2) is 5.26. The number of ether oxygens (including phenoxy) is 1. The van der Waals surface area contributed by atoms with Crippen LogP contribution in [-0.4, -0.2) is 39.0 Å². The van der Waals surface area contributed by atoms with E-state index in [2.05, 4.69) is 0 Å². The SMILES string of the molecule is COCCN(C1CC1)S(=O)(=O)c1cccc(N)c1. The van der Waals surface area contributed by atoms with Gasteiger partial charge in [0.2, 0.25) is 10.0 Å². The van der Waals surface area contributed by atoms with Crippen molar-refractivity contribution in [1.29, 1.82) is 0 Å². The van der Waals surface area contributed by atoms with Crippen LogP contribution < -0.4 is 5.73 Å². The highest BCUT2D eigenvalue weighted by Crippen LogP contribution is 2.32. The monoisotopic (exact) mass is 270 g/mol. The van der Waals surface area contributed by atoms with Crippen LogP contribution in [0.3, 0.4) is 0 Å². The Morgan fingerprint density at radius 2 is 2.17 bits per heavy atom. The summed E-state index contributed by atoms with van der Waals surface area (Å²) in [6, 6.07) is 6.52. The lowest BCUT2D eigenvalue weighted by Crippen LogP contribution is -2.35. The molecule has 1 aliphatic carbocycles. The Morgan fingerprint density at radius 3 is 2.72 bits per heavy atom. The van der Waals surface area contributed by atoms with Crippen molar-refractivity contribution in [1.82, 2.24) is 4.31 Å². The summed E-state index contributed by atoms with van der Waals surface area (Å²) in [6.45, 7) is 0.788. The van der Waals surface area contributed by atoms with Crippen LogP contribution in [0, 0.1) is 0 Å². The second-order valence-electron chi connectivity index (χ2n) is 4.41. The van der Waals surface area contributed by atoms with Crippen molar-refractivity contribution in [3.63, 3.8) is 0 Å². The lowest BCUT2D eigenvalue weighted by atomic mass is 10.3. The smallest absolute Gasteiger partial charge is 0.243 e. The zero-order chi connectivity index (χ0) is 13.2. The highest BCUT2D eigenvalue weighted by Gasteiger charge is 2.37. The molecule has 0 radical (unpaired) electrons. The van der Waals surface area contributed by atoms with Crippen molar-refractivity contribution in [2.75, 3.05) is 26.0 Å². The van der Waals surface area contributed by atoms with Gasteiger partial charge in [-0.05, 0) is 31.0 Å². The molecule has 1 aliphatic rings. The zero-order valence-corrected chi connectivity index (χ0v) is 11.2. The quantitative estimate of drug-likeness (QED) is 0.785. The van der Waals surface area contributed by atoms with Gasteiger partial charge in [0.25, 0.3) is 0 Å². The maximum Gasteiger partial charge on any atom is 0.243 e. The van der Waals surface area contributed by atoms with Crippen LogP contribution in [0.1, 0.15) is 12.8 Å². The Hall–Kier alpha value is -1.11. The number of hydrogen-bond acceptors (Lipinski definition) is 4. The minimum Gasteiger partial charge on any atom is -0.399 e. The Kier molecular flexibility index (Phi) is 3.89. The number of nitrogen functional groups attached to an aromatic ring is 1. The fraction of sp³-hybridized carbons (Fsp3) is 0.500. The predicted octanol–water partition coefficient (Wildman–Crippen LogP) is 1.07. The summed E-state index contributed by atoms with van der Waals surface area (Å²) in [5, 5.41) is 0. The van der Waals surface area contributed by atoms with E-state index < -0.39 is 10.0 Å². The molecule has 0 bridgehead atoms. The number of nitrogens with zero attached hydrogens (tertiary/aromatic N) is 1. The summed E-state index contributed by atoms with van der Waals surface area (Å²) < 4.78 is 31.5. The highest BCUT2D eigenvalue weighted by atomic mass is 32.2. The molecule has 18 heavy (non-hydrogen) atoms. The molecule has 1 saturated carbocycles. The first-order valence-corrected chi connectivity index (χ1v) is 7.36. The average Bonchev–Trinajstić information content (AvgIpc) is 3.14. The lowest BCUT2D eigenvalue weighted by Gasteiger charge is -2.21. The molecule has 1 aromatic rings. The molecule has 6 heteroatoms. The first-order valence-electron chi connectivity index (χ1n) is 5.92. The molecule has 2 N–H and O–H groups in total. The van der Waals surface area contributed by atoms with Crippen LogP contribution in [0.2, 0.25) is 0 Å². The van der Waals surface area contributed by atoms with Gasteiger partial charge < -0.3 is 10.5 Å². The summed E-state index contributed by atoms with van der Waals surface area (Å²) in [5.74, 6) is 0. The standard InChI is InChI=1S/C12H18N2O3S/c1-17-8-7-14(11-5-6-11)18(15,16)12-4-2-3-10(13)9-12/h2-4,9,11H,5-8,13H2,1H3. The summed E-state index contributed by atoms with van der Waals surface area (Å²) in [6.07, 6.45) is 1.84. The fourth-order valence-corrected chi connectivity index (χ4v) is 3.58. The zero-order valence-electron chi connectivity index (χ0n) is 10.4. The average molecular weight is 270 g/mol. The van der Waals surface area contributed by atoms with E-state index in [0.717, 1.165) is 12.8 Å². The Morgan fingerprint density at radius 1 is 1.44 bits per heavy atom. The normalized spacial score (nSPS) is 16.1. The molecule has 0 unspecified atom stereocenters. The predicted molar refractivity (Wildman–Crippen MR) is 69.6 cm³/mol. The molecule has 1 aromatic carbocycles. The molecule has 0 aliphatic heterocycles. The Balaban J connectivity index is 2.27. The molecule has 1 fully saturated rings. The van der Waals surface area contributed by atoms with E-state index in [1.165, 1.54) is 10.4 Å². The number of methoxy groups -OCH3 is 1. The molecule has 0 atom stereocenters. The van der Waals surface area contributed by atoms with Gasteiger partial charge in [-0.1, -0.05) is 6.07 Å². The van der Waals surface area contributed by atoms with Crippen LogP contribution in [0.5, 0.6) is 0 Å². The van der Waals surface area contributed by atoms with E-state index in [4.69, 9.17) is 10.5 Å². The summed E-state index contributed by atoms with van der Waals surface area (Å²) in [5.41, 5.74) is 6.10. The minimum atomic E-state index is -3.46. The largest absolute Gasteiger partial charge is 0.399 e. The fourth-order valence-electron chi connectivity index (χ4n) is 1.85. The second-order valence-corrected chi connectivity index (χ2v) is 6.30. The van der Waals surface area contributed by atoms with Gasteiger partial charge in [0, 0.05) is 25.4 Å². The molecule has 100 valence electrons. The van der Waals surface area contributed by atoms with E-state index in [9.17, 15) is 8.42 Å². The molecule has 5 nitrogen and oxygen atoms in total. The molecule has 0 heterocycles. The van der Waals surface area contributed by atoms with Gasteiger partial charge in [0.05, 0.1) is 11.5 Å². The summed E-state index contributed by atoms with van der Waals surface area (Å²) >= 11 is 0. The number of rotatable bonds is 6. The van der Waals surface area contributed by atoms with Crippen molar-refractivity contribution >= 4 is 15.7 Å². The first-order chi connectivity index (χ1) is 8.55. The highest BCUT2D eigenvalue weighted by molar-refractivity contribution is 7.89. The van der Waals surface area contributed by atoms with Gasteiger partial charge in [-0.2, -0.15) is 4.31 Å². The van der Waals surface area contributed by atoms with Crippen LogP contribution >= 0.6 is 0 Å². The van der Waals surface area contributed by atoms with Gasteiger partial charge >= 0.3 is 0 Å². The van der Waals surface area contributed by atoms with E-state index in [1.54, 1.807) is 25.3 Å². The third-order valence-corrected chi connectivity index (χ3v) is 4.88. The van der Waals surface area contributed by atoms with Crippen LogP contribution in [0.4, 0.5) is 5.69 Å². The molecule has 2 rings (SSSR count). The molecular weight excluding hydrogens is 252 g/mol. The third-order valence-electron chi connectivity index (χ3n) is 2.93. The number of sulfonamides is 1. The number of nitrogens with two attached hydrogens (primary N) is 1. The molecule has 0 aromatic heterocycles. The van der Waals surface area contributed by atoms with Crippen molar-refractivity contribution < 1.29 is 13.2 Å². The molecule has 0 amide bonds. The minimum absolute atomic E-state index is 0.117. The van der Waals surface area contributed by atoms with E-state index in [1.807, 2.05) is 0 Å². The van der Waals surface area contributed by atoms with Gasteiger partial charge in [-0.25, -0.2) is 8.42 Å². The Bertz CT molecular complexity index is 512. The maximum absolute atomic E-state index is 12.5. The Labute approximate surface area is 108 Å². The number of anilines is 1. The molecular formula is C12H18N2O3S. The van der Waals surface area contributed by atoms with Crippen molar-refractivity contribution in [3.8, 4) is 0 Å². The maximum atomic E-state index is 12.5. The first kappa shape index (κ1) is 13.3. The lowest BCUT2D eigenvalue weighted by molar-refractivity contribution is 0.177. The number of hydrogen-bond donors (Lipinski definition) is 1. The van der Waals surface area contributed by atoms with Gasteiger partial charge in [-0.3, -0.25) is 0 Å². The van der Waals surface area contributed by atoms with Crippen molar-refractivity contribution in [2.24, 2.45) is 0 Å². The third kappa shape index (κ3) is 2.82. The van der Waals surface area contributed by atoms with E-state index in [-0.39, 0.29) is 10.9 Å². The van der Waals surface area contributed by atoms with Gasteiger partial charge in [0.1, 0.15) is 0 Å². The van der Waals surface area contributed by atoms with Crippen LogP contribution in [-0.2, 0) is 14.8 Å². The van der Waals surface area contributed by atoms with Gasteiger partial charge in [-0.15, -0.1) is 0 Å². The van der Waals surface area contributed by atoms with Crippen LogP contribution in [0.15, 0.2) is 29.2 Å². The molecule has 0 spiro atoms. The molecule has 0 saturated heterocycles.